The van der Waals surface area contributed by atoms with Gasteiger partial charge in [-0.15, -0.1) is 11.3 Å². The molecule has 3 heterocycles. The summed E-state index contributed by atoms with van der Waals surface area (Å²) in [5.74, 6) is 0.818. The van der Waals surface area contributed by atoms with E-state index in [0.29, 0.717) is 58.3 Å². The standard InChI is InChI=1S/C28H29N5O5S/c1-18-24-26(29-17-33(27(24)35)16-23(34)30-19-8-4-6-10-21(19)37-2)39-25(18)28(36)32-14-12-31(13-15-32)20-9-5-7-11-22(20)38-3/h4-11,17H,12-16H2,1-3H3,(H,30,34). The van der Waals surface area contributed by atoms with Crippen LogP contribution >= 0.6 is 11.3 Å². The van der Waals surface area contributed by atoms with E-state index < -0.39 is 0 Å². The van der Waals surface area contributed by atoms with Crippen LogP contribution in [0.5, 0.6) is 11.5 Å². The van der Waals surface area contributed by atoms with Crippen LogP contribution in [-0.4, -0.2) is 66.7 Å². The average molecular weight is 548 g/mol. The van der Waals surface area contributed by atoms with Gasteiger partial charge in [-0.3, -0.25) is 19.0 Å². The van der Waals surface area contributed by atoms with Gasteiger partial charge in [-0.2, -0.15) is 0 Å². The lowest BCUT2D eigenvalue weighted by molar-refractivity contribution is -0.116. The van der Waals surface area contributed by atoms with E-state index in [-0.39, 0.29) is 23.9 Å². The van der Waals surface area contributed by atoms with Crippen LogP contribution in [0.1, 0.15) is 15.2 Å². The van der Waals surface area contributed by atoms with E-state index in [4.69, 9.17) is 9.47 Å². The number of hydrogen-bond acceptors (Lipinski definition) is 8. The number of aryl methyl sites for hydroxylation is 1. The highest BCUT2D eigenvalue weighted by Gasteiger charge is 2.27. The minimum Gasteiger partial charge on any atom is -0.495 e. The van der Waals surface area contributed by atoms with Gasteiger partial charge in [0.25, 0.3) is 11.5 Å². The predicted molar refractivity (Wildman–Crippen MR) is 151 cm³/mol. The second kappa shape index (κ2) is 11.2. The summed E-state index contributed by atoms with van der Waals surface area (Å²) in [6.45, 7) is 3.98. The van der Waals surface area contributed by atoms with Crippen molar-refractivity contribution in [3.63, 3.8) is 0 Å². The van der Waals surface area contributed by atoms with Crippen LogP contribution in [0.4, 0.5) is 11.4 Å². The summed E-state index contributed by atoms with van der Waals surface area (Å²) in [5, 5.41) is 3.13. The van der Waals surface area contributed by atoms with Gasteiger partial charge >= 0.3 is 0 Å². The van der Waals surface area contributed by atoms with Gasteiger partial charge in [0.1, 0.15) is 22.9 Å². The highest BCUT2D eigenvalue weighted by Crippen LogP contribution is 2.31. The van der Waals surface area contributed by atoms with E-state index in [1.165, 1.54) is 29.3 Å². The number of benzene rings is 2. The maximum absolute atomic E-state index is 13.5. The van der Waals surface area contributed by atoms with Crippen LogP contribution in [0.25, 0.3) is 10.2 Å². The zero-order chi connectivity index (χ0) is 27.5. The molecule has 2 aromatic heterocycles. The molecule has 39 heavy (non-hydrogen) atoms. The normalized spacial score (nSPS) is 13.4. The molecule has 0 spiro atoms. The molecule has 10 nitrogen and oxygen atoms in total. The molecular formula is C28H29N5O5S. The Bertz CT molecular complexity index is 1590. The smallest absolute Gasteiger partial charge is 0.264 e. The van der Waals surface area contributed by atoms with Gasteiger partial charge < -0.3 is 24.6 Å². The summed E-state index contributed by atoms with van der Waals surface area (Å²) in [4.78, 5) is 48.9. The number of para-hydroxylation sites is 4. The fourth-order valence-corrected chi connectivity index (χ4v) is 5.86. The number of piperazine rings is 1. The third-order valence-corrected chi connectivity index (χ3v) is 7.99. The Morgan fingerprint density at radius 3 is 2.36 bits per heavy atom. The molecule has 1 fully saturated rings. The molecule has 2 amide bonds. The largest absolute Gasteiger partial charge is 0.495 e. The van der Waals surface area contributed by atoms with E-state index in [9.17, 15) is 14.4 Å². The third-order valence-electron chi connectivity index (χ3n) is 6.80. The van der Waals surface area contributed by atoms with Gasteiger partial charge in [0.2, 0.25) is 5.91 Å². The van der Waals surface area contributed by atoms with Crippen molar-refractivity contribution in [2.75, 3.05) is 50.6 Å². The monoisotopic (exact) mass is 547 g/mol. The Morgan fingerprint density at radius 1 is 0.974 bits per heavy atom. The molecule has 0 atom stereocenters. The van der Waals surface area contributed by atoms with Crippen LogP contribution < -0.4 is 25.2 Å². The molecule has 1 saturated heterocycles. The first-order valence-corrected chi connectivity index (χ1v) is 13.3. The molecule has 1 aliphatic heterocycles. The SMILES string of the molecule is COc1ccccc1NC(=O)Cn1cnc2sc(C(=O)N3CCN(c4ccccc4OC)CC3)c(C)c2c1=O. The van der Waals surface area contributed by atoms with Crippen molar-refractivity contribution >= 4 is 44.7 Å². The lowest BCUT2D eigenvalue weighted by Gasteiger charge is -2.36. The average Bonchev–Trinajstić information content (AvgIpc) is 3.31. The first kappa shape index (κ1) is 26.2. The maximum Gasteiger partial charge on any atom is 0.264 e. The van der Waals surface area contributed by atoms with Crippen molar-refractivity contribution in [2.45, 2.75) is 13.5 Å². The Kier molecular flexibility index (Phi) is 7.51. The molecule has 0 radical (unpaired) electrons. The van der Waals surface area contributed by atoms with Crippen molar-refractivity contribution in [1.82, 2.24) is 14.5 Å². The third kappa shape index (κ3) is 5.17. The number of fused-ring (bicyclic) bond motifs is 1. The number of carbonyl (C=O) groups is 2. The first-order chi connectivity index (χ1) is 18.9. The summed E-state index contributed by atoms with van der Waals surface area (Å²) >= 11 is 1.21. The van der Waals surface area contributed by atoms with Crippen molar-refractivity contribution in [3.8, 4) is 11.5 Å². The highest BCUT2D eigenvalue weighted by molar-refractivity contribution is 7.20. The number of carbonyl (C=O) groups excluding carboxylic acids is 2. The van der Waals surface area contributed by atoms with Gasteiger partial charge in [-0.25, -0.2) is 4.98 Å². The molecule has 1 N–H and O–H groups in total. The fraction of sp³-hybridized carbons (Fsp3) is 0.286. The minimum absolute atomic E-state index is 0.116. The van der Waals surface area contributed by atoms with Crippen molar-refractivity contribution in [2.24, 2.45) is 0 Å². The molecule has 1 aliphatic rings. The van der Waals surface area contributed by atoms with Crippen LogP contribution in [-0.2, 0) is 11.3 Å². The molecule has 202 valence electrons. The molecule has 5 rings (SSSR count). The van der Waals surface area contributed by atoms with Gasteiger partial charge in [-0.05, 0) is 36.8 Å². The van der Waals surface area contributed by atoms with E-state index >= 15 is 0 Å². The quantitative estimate of drug-likeness (QED) is 0.378. The maximum atomic E-state index is 13.5. The number of thiophene rings is 1. The van der Waals surface area contributed by atoms with Gasteiger partial charge in [0.05, 0.1) is 42.2 Å². The number of methoxy groups -OCH3 is 2. The molecule has 0 aliphatic carbocycles. The molecular weight excluding hydrogens is 518 g/mol. The topological polar surface area (TPSA) is 106 Å². The number of nitrogens with one attached hydrogen (secondary N) is 1. The molecule has 0 bridgehead atoms. The lowest BCUT2D eigenvalue weighted by atomic mass is 10.2. The molecule has 4 aromatic rings. The van der Waals surface area contributed by atoms with Crippen LogP contribution in [0.2, 0.25) is 0 Å². The van der Waals surface area contributed by atoms with Crippen LogP contribution in [0, 0.1) is 6.92 Å². The number of anilines is 2. The number of nitrogens with zero attached hydrogens (tertiary/aromatic N) is 4. The van der Waals surface area contributed by atoms with Gasteiger partial charge in [0.15, 0.2) is 0 Å². The van der Waals surface area contributed by atoms with Crippen molar-refractivity contribution in [1.29, 1.82) is 0 Å². The molecule has 2 aromatic carbocycles. The fourth-order valence-electron chi connectivity index (χ4n) is 4.75. The number of amides is 2. The minimum atomic E-state index is -0.389. The highest BCUT2D eigenvalue weighted by atomic mass is 32.1. The van der Waals surface area contributed by atoms with Crippen molar-refractivity contribution < 1.29 is 19.1 Å². The van der Waals surface area contributed by atoms with E-state index in [1.807, 2.05) is 29.2 Å². The van der Waals surface area contributed by atoms with Gasteiger partial charge in [-0.1, -0.05) is 24.3 Å². The number of rotatable bonds is 7. The molecule has 0 unspecified atom stereocenters. The zero-order valence-corrected chi connectivity index (χ0v) is 22.8. The van der Waals surface area contributed by atoms with Crippen molar-refractivity contribution in [3.05, 3.63) is 75.7 Å². The summed E-state index contributed by atoms with van der Waals surface area (Å²) in [7, 11) is 3.17. The van der Waals surface area contributed by atoms with E-state index in [1.54, 1.807) is 38.3 Å². The van der Waals surface area contributed by atoms with E-state index in [0.717, 1.165) is 11.4 Å². The zero-order valence-electron chi connectivity index (χ0n) is 22.0. The summed E-state index contributed by atoms with van der Waals surface area (Å²) in [6.07, 6.45) is 1.35. The Morgan fingerprint density at radius 2 is 1.64 bits per heavy atom. The Labute approximate surface area is 229 Å². The lowest BCUT2D eigenvalue weighted by Crippen LogP contribution is -2.48. The molecule has 11 heteroatoms. The predicted octanol–water partition coefficient (Wildman–Crippen LogP) is 3.38. The number of hydrogen-bond donors (Lipinski definition) is 1. The number of aromatic nitrogens is 2. The van der Waals surface area contributed by atoms with E-state index in [2.05, 4.69) is 15.2 Å². The summed E-state index contributed by atoms with van der Waals surface area (Å²) in [6, 6.07) is 14.9. The second-order valence-corrected chi connectivity index (χ2v) is 10.1. The first-order valence-electron chi connectivity index (χ1n) is 12.5. The molecule has 0 saturated carbocycles. The van der Waals surface area contributed by atoms with Gasteiger partial charge in [0, 0.05) is 26.2 Å². The Balaban J connectivity index is 1.31. The Hall–Kier alpha value is -4.38. The second-order valence-electron chi connectivity index (χ2n) is 9.11. The van der Waals surface area contributed by atoms with Crippen LogP contribution in [0.15, 0.2) is 59.7 Å². The number of ether oxygens (including phenoxy) is 2. The summed E-state index contributed by atoms with van der Waals surface area (Å²) < 4.78 is 12.0. The summed E-state index contributed by atoms with van der Waals surface area (Å²) in [5.41, 5.74) is 1.75. The van der Waals surface area contributed by atoms with Crippen LogP contribution in [0.3, 0.4) is 0 Å².